The minimum atomic E-state index is -0.320. The van der Waals surface area contributed by atoms with Crippen LogP contribution in [0.15, 0.2) is 60.7 Å². The Kier molecular flexibility index (Phi) is 8.34. The number of ether oxygens (including phenoxy) is 5. The van der Waals surface area contributed by atoms with Crippen LogP contribution in [0.3, 0.4) is 0 Å². The number of anilines is 1. The molecule has 0 aromatic heterocycles. The van der Waals surface area contributed by atoms with E-state index in [1.165, 1.54) is 34.3 Å². The number of hydrogen-bond donors (Lipinski definition) is 1. The number of amides is 1. The summed E-state index contributed by atoms with van der Waals surface area (Å²) >= 11 is 0. The summed E-state index contributed by atoms with van der Waals surface area (Å²) < 4.78 is 27.1. The summed E-state index contributed by atoms with van der Waals surface area (Å²) in [5.41, 5.74) is 1.73. The Morgan fingerprint density at radius 3 is 1.91 bits per heavy atom. The second kappa shape index (κ2) is 11.6. The second-order valence-corrected chi connectivity index (χ2v) is 7.33. The van der Waals surface area contributed by atoms with Gasteiger partial charge in [-0.25, -0.2) is 0 Å². The van der Waals surface area contributed by atoms with Crippen LogP contribution in [0.5, 0.6) is 34.5 Å². The first-order valence-electron chi connectivity index (χ1n) is 10.6. The Morgan fingerprint density at radius 2 is 1.37 bits per heavy atom. The molecule has 0 unspecified atom stereocenters. The third-order valence-corrected chi connectivity index (χ3v) is 5.03. The molecule has 3 aromatic carbocycles. The third kappa shape index (κ3) is 6.32. The van der Waals surface area contributed by atoms with Gasteiger partial charge in [-0.1, -0.05) is 0 Å². The molecule has 8 nitrogen and oxygen atoms in total. The first kappa shape index (κ1) is 25.2. The van der Waals surface area contributed by atoms with E-state index in [4.69, 9.17) is 23.7 Å². The van der Waals surface area contributed by atoms with Gasteiger partial charge in [0.25, 0.3) is 0 Å². The molecule has 0 spiro atoms. The van der Waals surface area contributed by atoms with Crippen molar-refractivity contribution < 1.29 is 33.3 Å². The number of hydrogen-bond acceptors (Lipinski definition) is 7. The molecule has 182 valence electrons. The smallest absolute Gasteiger partial charge is 0.248 e. The largest absolute Gasteiger partial charge is 0.497 e. The van der Waals surface area contributed by atoms with Gasteiger partial charge in [0, 0.05) is 17.8 Å². The highest BCUT2D eigenvalue weighted by Crippen LogP contribution is 2.38. The predicted molar refractivity (Wildman–Crippen MR) is 133 cm³/mol. The Hall–Kier alpha value is -4.46. The topological polar surface area (TPSA) is 92.3 Å². The molecule has 1 amide bonds. The van der Waals surface area contributed by atoms with Gasteiger partial charge in [0.1, 0.15) is 17.2 Å². The van der Waals surface area contributed by atoms with Crippen LogP contribution in [0.1, 0.15) is 22.8 Å². The zero-order valence-corrected chi connectivity index (χ0v) is 20.2. The molecule has 0 fully saturated rings. The van der Waals surface area contributed by atoms with Crippen LogP contribution in [-0.2, 0) is 4.79 Å². The summed E-state index contributed by atoms with van der Waals surface area (Å²) in [5.74, 6) is 2.49. The number of nitrogens with one attached hydrogen (secondary N) is 1. The molecule has 0 bridgehead atoms. The fourth-order valence-electron chi connectivity index (χ4n) is 3.29. The van der Waals surface area contributed by atoms with Gasteiger partial charge >= 0.3 is 0 Å². The van der Waals surface area contributed by atoms with Crippen LogP contribution in [-0.4, -0.2) is 40.1 Å². The van der Waals surface area contributed by atoms with Crippen LogP contribution in [0, 0.1) is 0 Å². The molecule has 0 atom stereocenters. The number of benzene rings is 3. The van der Waals surface area contributed by atoms with Crippen molar-refractivity contribution in [3.8, 4) is 34.5 Å². The van der Waals surface area contributed by atoms with Crippen LogP contribution in [0.25, 0.3) is 6.08 Å². The van der Waals surface area contributed by atoms with Gasteiger partial charge < -0.3 is 29.0 Å². The van der Waals surface area contributed by atoms with Crippen LogP contribution < -0.4 is 29.0 Å². The molecule has 1 N–H and O–H groups in total. The zero-order chi connectivity index (χ0) is 25.4. The molecule has 35 heavy (non-hydrogen) atoms. The lowest BCUT2D eigenvalue weighted by Crippen LogP contribution is -2.07. The van der Waals surface area contributed by atoms with Crippen molar-refractivity contribution in [2.24, 2.45) is 0 Å². The standard InChI is InChI=1S/C27H27NO7/c1-17(29)22-12-11-21(31-2)16-23(22)35-20-9-7-19(8-10-20)28-26(30)13-6-18-14-24(32-3)27(34-5)25(15-18)33-4/h6-16H,1-5H3,(H,28,30)/b13-6+. The molecule has 0 aliphatic carbocycles. The zero-order valence-electron chi connectivity index (χ0n) is 20.2. The molecule has 0 aliphatic heterocycles. The van der Waals surface area contributed by atoms with E-state index in [9.17, 15) is 9.59 Å². The fraction of sp³-hybridized carbons (Fsp3) is 0.185. The molecule has 0 saturated carbocycles. The lowest BCUT2D eigenvalue weighted by Gasteiger charge is -2.13. The molecule has 0 heterocycles. The van der Waals surface area contributed by atoms with E-state index in [2.05, 4.69) is 5.32 Å². The number of carbonyl (C=O) groups excluding carboxylic acids is 2. The number of ketones is 1. The Bertz CT molecular complexity index is 1210. The lowest BCUT2D eigenvalue weighted by atomic mass is 10.1. The van der Waals surface area contributed by atoms with E-state index >= 15 is 0 Å². The van der Waals surface area contributed by atoms with Gasteiger partial charge in [-0.15, -0.1) is 0 Å². The van der Waals surface area contributed by atoms with Crippen molar-refractivity contribution in [2.75, 3.05) is 33.8 Å². The van der Waals surface area contributed by atoms with Gasteiger partial charge in [0.05, 0.1) is 34.0 Å². The number of methoxy groups -OCH3 is 4. The Morgan fingerprint density at radius 1 is 0.743 bits per heavy atom. The summed E-state index contributed by atoms with van der Waals surface area (Å²) in [6.45, 7) is 1.47. The Labute approximate surface area is 204 Å². The van der Waals surface area contributed by atoms with E-state index in [0.717, 1.165) is 0 Å². The van der Waals surface area contributed by atoms with Crippen LogP contribution in [0.4, 0.5) is 5.69 Å². The molecule has 3 rings (SSSR count). The summed E-state index contributed by atoms with van der Waals surface area (Å²) in [7, 11) is 6.12. The van der Waals surface area contributed by atoms with Gasteiger partial charge in [0.2, 0.25) is 11.7 Å². The van der Waals surface area contributed by atoms with Gasteiger partial charge in [0.15, 0.2) is 17.3 Å². The SMILES string of the molecule is COc1ccc(C(C)=O)c(Oc2ccc(NC(=O)/C=C/c3cc(OC)c(OC)c(OC)c3)cc2)c1. The molecule has 8 heteroatoms. The minimum Gasteiger partial charge on any atom is -0.497 e. The molecular weight excluding hydrogens is 450 g/mol. The number of carbonyl (C=O) groups is 2. The molecular formula is C27H27NO7. The minimum absolute atomic E-state index is 0.120. The molecule has 0 aliphatic rings. The summed E-state index contributed by atoms with van der Waals surface area (Å²) in [6, 6.07) is 15.3. The van der Waals surface area contributed by atoms with Gasteiger partial charge in [-0.05, 0) is 67.1 Å². The molecule has 0 radical (unpaired) electrons. The normalized spacial score (nSPS) is 10.5. The maximum Gasteiger partial charge on any atom is 0.248 e. The highest BCUT2D eigenvalue weighted by molar-refractivity contribution is 6.02. The van der Waals surface area contributed by atoms with Crippen molar-refractivity contribution >= 4 is 23.5 Å². The summed E-state index contributed by atoms with van der Waals surface area (Å²) in [6.07, 6.45) is 3.05. The average molecular weight is 478 g/mol. The first-order valence-corrected chi connectivity index (χ1v) is 10.6. The quantitative estimate of drug-likeness (QED) is 0.310. The molecule has 0 saturated heterocycles. The highest BCUT2D eigenvalue weighted by Gasteiger charge is 2.13. The second-order valence-electron chi connectivity index (χ2n) is 7.33. The van der Waals surface area contributed by atoms with Gasteiger partial charge in [-0.2, -0.15) is 0 Å². The maximum atomic E-state index is 12.4. The predicted octanol–water partition coefficient (Wildman–Crippen LogP) is 5.37. The van der Waals surface area contributed by atoms with E-state index in [0.29, 0.717) is 51.3 Å². The summed E-state index contributed by atoms with van der Waals surface area (Å²) in [4.78, 5) is 24.3. The van der Waals surface area contributed by atoms with E-state index < -0.39 is 0 Å². The van der Waals surface area contributed by atoms with Crippen molar-refractivity contribution in [2.45, 2.75) is 6.92 Å². The van der Waals surface area contributed by atoms with Crippen molar-refractivity contribution in [1.29, 1.82) is 0 Å². The number of Topliss-reactive ketones (excluding diaryl/α,β-unsaturated/α-hetero) is 1. The van der Waals surface area contributed by atoms with Gasteiger partial charge in [-0.3, -0.25) is 9.59 Å². The monoisotopic (exact) mass is 477 g/mol. The van der Waals surface area contributed by atoms with E-state index in [1.807, 2.05) is 0 Å². The van der Waals surface area contributed by atoms with Crippen molar-refractivity contribution in [1.82, 2.24) is 0 Å². The number of rotatable bonds is 10. The van der Waals surface area contributed by atoms with Crippen LogP contribution in [0.2, 0.25) is 0 Å². The van der Waals surface area contributed by atoms with Crippen molar-refractivity contribution in [3.63, 3.8) is 0 Å². The van der Waals surface area contributed by atoms with Crippen molar-refractivity contribution in [3.05, 3.63) is 71.8 Å². The summed E-state index contributed by atoms with van der Waals surface area (Å²) in [5, 5.41) is 2.79. The maximum absolute atomic E-state index is 12.4. The first-order chi connectivity index (χ1) is 16.9. The van der Waals surface area contributed by atoms with E-state index in [-0.39, 0.29) is 11.7 Å². The lowest BCUT2D eigenvalue weighted by molar-refractivity contribution is -0.111. The highest BCUT2D eigenvalue weighted by atomic mass is 16.5. The fourth-order valence-corrected chi connectivity index (χ4v) is 3.29. The van der Waals surface area contributed by atoms with Crippen LogP contribution >= 0.6 is 0 Å². The van der Waals surface area contributed by atoms with E-state index in [1.54, 1.807) is 67.8 Å². The molecule has 3 aromatic rings. The Balaban J connectivity index is 1.69. The third-order valence-electron chi connectivity index (χ3n) is 5.03. The average Bonchev–Trinajstić information content (AvgIpc) is 2.87.